The Bertz CT molecular complexity index is 1280. The van der Waals surface area contributed by atoms with Crippen LogP contribution in [0, 0.1) is 23.7 Å². The van der Waals surface area contributed by atoms with E-state index in [4.69, 9.17) is 4.74 Å². The maximum Gasteiger partial charge on any atom is 0.316 e. The van der Waals surface area contributed by atoms with E-state index in [0.717, 1.165) is 29.7 Å². The van der Waals surface area contributed by atoms with Gasteiger partial charge in [-0.05, 0) is 48.4 Å². The summed E-state index contributed by atoms with van der Waals surface area (Å²) in [5.41, 5.74) is 3.47. The van der Waals surface area contributed by atoms with Crippen LogP contribution in [-0.4, -0.2) is 30.2 Å². The quantitative estimate of drug-likeness (QED) is 0.253. The number of aryl methyl sites for hydroxylation is 2. The van der Waals surface area contributed by atoms with Crippen LogP contribution in [-0.2, 0) is 32.0 Å². The standard InChI is InChI=1S/C30H32N2O5/c1-4-19-10-7-11-20(5-2)27(19)31-17-21(15-25(31)33)30(36)37-23-13-8-12-22(16-23)32-28(34)24-14-6-9-18(3)26(24)29(32)35/h6-13,16,18,21,24,26H,4-5,14-15,17H2,1-3H3/t18-,21+,24+,26+/m0/s1. The predicted octanol–water partition coefficient (Wildman–Crippen LogP) is 4.47. The molecule has 192 valence electrons. The van der Waals surface area contributed by atoms with Crippen molar-refractivity contribution in [1.29, 1.82) is 0 Å². The Kier molecular flexibility index (Phi) is 6.71. The number of fused-ring (bicyclic) bond motifs is 1. The first kappa shape index (κ1) is 24.9. The molecular weight excluding hydrogens is 468 g/mol. The zero-order chi connectivity index (χ0) is 26.3. The average Bonchev–Trinajstić information content (AvgIpc) is 3.41. The number of hydrogen-bond donors (Lipinski definition) is 0. The van der Waals surface area contributed by atoms with Gasteiger partial charge in [-0.1, -0.05) is 57.2 Å². The van der Waals surface area contributed by atoms with Crippen LogP contribution in [0.25, 0.3) is 0 Å². The van der Waals surface area contributed by atoms with E-state index < -0.39 is 11.9 Å². The SMILES string of the molecule is CCc1cccc(CC)c1N1C[C@H](C(=O)Oc2cccc(N3C(=O)[C@@H]4[C@@H](C)C=CC[C@H]4C3=O)c2)CC1=O. The third-order valence-electron chi connectivity index (χ3n) is 7.86. The van der Waals surface area contributed by atoms with Gasteiger partial charge in [0.1, 0.15) is 5.75 Å². The molecule has 0 N–H and O–H groups in total. The van der Waals surface area contributed by atoms with Crippen LogP contribution in [0.3, 0.4) is 0 Å². The van der Waals surface area contributed by atoms with E-state index in [1.165, 1.54) is 4.90 Å². The maximum absolute atomic E-state index is 13.1. The third-order valence-corrected chi connectivity index (χ3v) is 7.86. The van der Waals surface area contributed by atoms with Crippen molar-refractivity contribution in [3.63, 3.8) is 0 Å². The molecule has 5 rings (SSSR count). The normalized spacial score (nSPS) is 25.1. The van der Waals surface area contributed by atoms with Crippen molar-refractivity contribution >= 4 is 35.1 Å². The Morgan fingerprint density at radius 3 is 2.38 bits per heavy atom. The van der Waals surface area contributed by atoms with Gasteiger partial charge in [0, 0.05) is 24.7 Å². The molecule has 7 nitrogen and oxygen atoms in total. The minimum absolute atomic E-state index is 0.00452. The van der Waals surface area contributed by atoms with Gasteiger partial charge in [-0.3, -0.25) is 19.2 Å². The molecule has 0 aromatic heterocycles. The number of rotatable bonds is 6. The Balaban J connectivity index is 1.32. The van der Waals surface area contributed by atoms with Crippen molar-refractivity contribution in [3.8, 4) is 5.75 Å². The second kappa shape index (κ2) is 9.96. The molecule has 2 heterocycles. The number of hydrogen-bond acceptors (Lipinski definition) is 5. The van der Waals surface area contributed by atoms with Gasteiger partial charge < -0.3 is 9.64 Å². The van der Waals surface area contributed by atoms with E-state index in [0.29, 0.717) is 12.1 Å². The molecule has 0 saturated carbocycles. The summed E-state index contributed by atoms with van der Waals surface area (Å²) in [7, 11) is 0. The number of nitrogens with zero attached hydrogens (tertiary/aromatic N) is 2. The van der Waals surface area contributed by atoms with Gasteiger partial charge in [-0.15, -0.1) is 0 Å². The van der Waals surface area contributed by atoms with Crippen molar-refractivity contribution in [2.24, 2.45) is 23.7 Å². The zero-order valence-corrected chi connectivity index (χ0v) is 21.5. The van der Waals surface area contributed by atoms with E-state index in [-0.39, 0.29) is 54.2 Å². The van der Waals surface area contributed by atoms with Gasteiger partial charge in [-0.25, -0.2) is 4.90 Å². The molecule has 2 aromatic rings. The highest BCUT2D eigenvalue weighted by atomic mass is 16.5. The zero-order valence-electron chi connectivity index (χ0n) is 21.5. The van der Waals surface area contributed by atoms with Gasteiger partial charge in [-0.2, -0.15) is 0 Å². The lowest BCUT2D eigenvalue weighted by Gasteiger charge is -2.23. The number of carbonyl (C=O) groups excluding carboxylic acids is 4. The maximum atomic E-state index is 13.1. The monoisotopic (exact) mass is 500 g/mol. The smallest absolute Gasteiger partial charge is 0.316 e. The van der Waals surface area contributed by atoms with Crippen LogP contribution >= 0.6 is 0 Å². The summed E-state index contributed by atoms with van der Waals surface area (Å²) in [6.07, 6.45) is 6.17. The summed E-state index contributed by atoms with van der Waals surface area (Å²) >= 11 is 0. The van der Waals surface area contributed by atoms with Crippen LogP contribution in [0.15, 0.2) is 54.6 Å². The molecule has 3 amide bonds. The number of anilines is 2. The molecule has 2 fully saturated rings. The molecule has 7 heteroatoms. The third kappa shape index (κ3) is 4.37. The van der Waals surface area contributed by atoms with Gasteiger partial charge >= 0.3 is 5.97 Å². The van der Waals surface area contributed by atoms with Crippen LogP contribution in [0.1, 0.15) is 44.7 Å². The molecular formula is C30H32N2O5. The Morgan fingerprint density at radius 1 is 1.00 bits per heavy atom. The summed E-state index contributed by atoms with van der Waals surface area (Å²) < 4.78 is 5.68. The number of ether oxygens (including phenoxy) is 1. The Morgan fingerprint density at radius 2 is 1.70 bits per heavy atom. The van der Waals surface area contributed by atoms with Crippen LogP contribution in [0.5, 0.6) is 5.75 Å². The first-order chi connectivity index (χ1) is 17.8. The molecule has 2 saturated heterocycles. The molecule has 0 unspecified atom stereocenters. The fourth-order valence-electron chi connectivity index (χ4n) is 5.93. The lowest BCUT2D eigenvalue weighted by atomic mass is 9.78. The topological polar surface area (TPSA) is 84.0 Å². The minimum Gasteiger partial charge on any atom is -0.426 e. The van der Waals surface area contributed by atoms with E-state index in [2.05, 4.69) is 13.8 Å². The highest BCUT2D eigenvalue weighted by Gasteiger charge is 2.50. The summed E-state index contributed by atoms with van der Waals surface area (Å²) in [5, 5.41) is 0. The lowest BCUT2D eigenvalue weighted by molar-refractivity contribution is -0.139. The Labute approximate surface area is 217 Å². The minimum atomic E-state index is -0.601. The summed E-state index contributed by atoms with van der Waals surface area (Å²) in [4.78, 5) is 55.2. The van der Waals surface area contributed by atoms with E-state index in [1.807, 2.05) is 37.3 Å². The lowest BCUT2D eigenvalue weighted by Crippen LogP contribution is -2.31. The molecule has 4 atom stereocenters. The molecule has 0 spiro atoms. The number of carbonyl (C=O) groups is 4. The largest absolute Gasteiger partial charge is 0.426 e. The number of allylic oxidation sites excluding steroid dienone is 2. The predicted molar refractivity (Wildman–Crippen MR) is 140 cm³/mol. The average molecular weight is 501 g/mol. The van der Waals surface area contributed by atoms with Crippen LogP contribution in [0.2, 0.25) is 0 Å². The molecule has 2 aromatic carbocycles. The fraction of sp³-hybridized carbons (Fsp3) is 0.400. The van der Waals surface area contributed by atoms with Gasteiger partial charge in [0.15, 0.2) is 0 Å². The van der Waals surface area contributed by atoms with Crippen molar-refractivity contribution in [1.82, 2.24) is 0 Å². The van der Waals surface area contributed by atoms with Crippen LogP contribution < -0.4 is 14.5 Å². The molecule has 37 heavy (non-hydrogen) atoms. The molecule has 0 bridgehead atoms. The van der Waals surface area contributed by atoms with Gasteiger partial charge in [0.2, 0.25) is 17.7 Å². The van der Waals surface area contributed by atoms with Gasteiger partial charge in [0.25, 0.3) is 0 Å². The number of esters is 1. The van der Waals surface area contributed by atoms with Gasteiger partial charge in [0.05, 0.1) is 23.4 Å². The summed E-state index contributed by atoms with van der Waals surface area (Å²) in [6.45, 7) is 6.33. The van der Waals surface area contributed by atoms with E-state index in [9.17, 15) is 19.2 Å². The Hall–Kier alpha value is -3.74. The highest BCUT2D eigenvalue weighted by Crippen LogP contribution is 2.41. The fourth-order valence-corrected chi connectivity index (χ4v) is 5.93. The van der Waals surface area contributed by atoms with E-state index >= 15 is 0 Å². The van der Waals surface area contributed by atoms with Crippen molar-refractivity contribution in [2.75, 3.05) is 16.3 Å². The van der Waals surface area contributed by atoms with Crippen LogP contribution in [0.4, 0.5) is 11.4 Å². The molecule has 0 radical (unpaired) electrons. The van der Waals surface area contributed by atoms with E-state index in [1.54, 1.807) is 29.2 Å². The number of benzene rings is 2. The second-order valence-electron chi connectivity index (χ2n) is 10.1. The first-order valence-corrected chi connectivity index (χ1v) is 13.1. The highest BCUT2D eigenvalue weighted by molar-refractivity contribution is 6.22. The van der Waals surface area contributed by atoms with Crippen molar-refractivity contribution in [2.45, 2.75) is 46.5 Å². The summed E-state index contributed by atoms with van der Waals surface area (Å²) in [5.74, 6) is -2.09. The molecule has 3 aliphatic rings. The molecule has 2 aliphatic heterocycles. The van der Waals surface area contributed by atoms with Crippen molar-refractivity contribution < 1.29 is 23.9 Å². The number of para-hydroxylation sites is 1. The molecule has 1 aliphatic carbocycles. The number of amides is 3. The second-order valence-corrected chi connectivity index (χ2v) is 10.1. The van der Waals surface area contributed by atoms with Crippen molar-refractivity contribution in [3.05, 3.63) is 65.7 Å². The first-order valence-electron chi connectivity index (χ1n) is 13.1. The summed E-state index contributed by atoms with van der Waals surface area (Å²) in [6, 6.07) is 12.6. The number of imide groups is 1.